The molecule has 2 aromatic rings. The molecule has 1 aromatic carbocycles. The normalized spacial score (nSPS) is 16.5. The van der Waals surface area contributed by atoms with E-state index < -0.39 is 6.10 Å². The Morgan fingerprint density at radius 2 is 2.12 bits per heavy atom. The Bertz CT molecular complexity index is 803. The van der Waals surface area contributed by atoms with Gasteiger partial charge in [-0.3, -0.25) is 0 Å². The fourth-order valence-corrected chi connectivity index (χ4v) is 4.37. The minimum atomic E-state index is -0.653. The average Bonchev–Trinajstić information content (AvgIpc) is 2.61. The summed E-state index contributed by atoms with van der Waals surface area (Å²) in [6.45, 7) is 4.86. The van der Waals surface area contributed by atoms with Crippen LogP contribution >= 0.6 is 11.8 Å². The molecular weight excluding hydrogens is 330 g/mol. The predicted octanol–water partition coefficient (Wildman–Crippen LogP) is 3.93. The summed E-state index contributed by atoms with van der Waals surface area (Å²) in [5.74, 6) is 7.50. The zero-order chi connectivity index (χ0) is 17.9. The summed E-state index contributed by atoms with van der Waals surface area (Å²) in [6, 6.07) is 10.2. The van der Waals surface area contributed by atoms with E-state index in [9.17, 15) is 5.11 Å². The summed E-state index contributed by atoms with van der Waals surface area (Å²) >= 11 is 1.93. The molecule has 0 saturated heterocycles. The lowest BCUT2D eigenvalue weighted by atomic mass is 9.81. The monoisotopic (exact) mass is 353 g/mol. The number of methoxy groups -OCH3 is 1. The highest BCUT2D eigenvalue weighted by molar-refractivity contribution is 7.99. The van der Waals surface area contributed by atoms with Crippen LogP contribution in [0, 0.1) is 11.8 Å². The van der Waals surface area contributed by atoms with Crippen molar-refractivity contribution in [3.05, 3.63) is 58.9 Å². The van der Waals surface area contributed by atoms with Gasteiger partial charge in [-0.25, -0.2) is 4.98 Å². The van der Waals surface area contributed by atoms with Crippen LogP contribution in [0.4, 0.5) is 0 Å². The van der Waals surface area contributed by atoms with Gasteiger partial charge in [0.1, 0.15) is 11.8 Å². The second kappa shape index (κ2) is 7.61. The van der Waals surface area contributed by atoms with Crippen molar-refractivity contribution in [1.82, 2.24) is 4.98 Å². The number of nitrogens with zero attached hydrogens (tertiary/aromatic N) is 1. The van der Waals surface area contributed by atoms with Crippen LogP contribution in [0.3, 0.4) is 0 Å². The molecule has 1 atom stereocenters. The van der Waals surface area contributed by atoms with E-state index in [0.717, 1.165) is 11.1 Å². The van der Waals surface area contributed by atoms with Gasteiger partial charge in [0.05, 0.1) is 6.61 Å². The number of hydrogen-bond donors (Lipinski definition) is 1. The van der Waals surface area contributed by atoms with Crippen LogP contribution in [-0.4, -0.2) is 29.6 Å². The Morgan fingerprint density at radius 3 is 2.84 bits per heavy atom. The largest absolute Gasteiger partial charge is 0.386 e. The number of ether oxygens (including phenoxy) is 1. The molecule has 0 saturated carbocycles. The Hall–Kier alpha value is -1.80. The molecule has 25 heavy (non-hydrogen) atoms. The number of aromatic nitrogens is 1. The maximum atomic E-state index is 9.88. The number of fused-ring (bicyclic) bond motifs is 1. The first kappa shape index (κ1) is 18.0. The van der Waals surface area contributed by atoms with Crippen LogP contribution in [-0.2, 0) is 10.2 Å². The Morgan fingerprint density at radius 1 is 1.28 bits per heavy atom. The van der Waals surface area contributed by atoms with Crippen LogP contribution in [0.25, 0.3) is 0 Å². The summed E-state index contributed by atoms with van der Waals surface area (Å²) < 4.78 is 4.95. The molecule has 1 unspecified atom stereocenters. The zero-order valence-corrected chi connectivity index (χ0v) is 15.7. The van der Waals surface area contributed by atoms with Crippen molar-refractivity contribution in [2.75, 3.05) is 19.5 Å². The highest BCUT2D eigenvalue weighted by Crippen LogP contribution is 2.41. The second-order valence-corrected chi connectivity index (χ2v) is 8.03. The number of aliphatic hydroxyl groups is 1. The number of hydrogen-bond acceptors (Lipinski definition) is 4. The third-order valence-corrected chi connectivity index (χ3v) is 5.60. The van der Waals surface area contributed by atoms with E-state index in [2.05, 4.69) is 48.9 Å². The van der Waals surface area contributed by atoms with Gasteiger partial charge in [0.25, 0.3) is 0 Å². The van der Waals surface area contributed by atoms with Gasteiger partial charge in [0.2, 0.25) is 0 Å². The molecule has 1 aliphatic rings. The lowest BCUT2D eigenvalue weighted by molar-refractivity contribution is 0.0642. The molecule has 0 aliphatic carbocycles. The number of pyridine rings is 1. The van der Waals surface area contributed by atoms with Crippen molar-refractivity contribution in [3.8, 4) is 11.8 Å². The van der Waals surface area contributed by atoms with Crippen LogP contribution < -0.4 is 0 Å². The van der Waals surface area contributed by atoms with E-state index in [1.54, 1.807) is 13.3 Å². The van der Waals surface area contributed by atoms with Gasteiger partial charge in [-0.1, -0.05) is 25.8 Å². The average molecular weight is 353 g/mol. The van der Waals surface area contributed by atoms with Crippen molar-refractivity contribution in [2.45, 2.75) is 36.7 Å². The topological polar surface area (TPSA) is 42.4 Å². The van der Waals surface area contributed by atoms with Gasteiger partial charge in [-0.15, -0.1) is 11.8 Å². The van der Waals surface area contributed by atoms with Crippen LogP contribution in [0.2, 0.25) is 0 Å². The van der Waals surface area contributed by atoms with Crippen molar-refractivity contribution >= 4 is 11.8 Å². The lowest BCUT2D eigenvalue weighted by Gasteiger charge is -2.32. The summed E-state index contributed by atoms with van der Waals surface area (Å²) in [6.07, 6.45) is 2.19. The molecule has 1 aromatic heterocycles. The summed E-state index contributed by atoms with van der Waals surface area (Å²) in [5.41, 5.74) is 4.04. The zero-order valence-electron chi connectivity index (χ0n) is 14.9. The smallest absolute Gasteiger partial charge is 0.113 e. The van der Waals surface area contributed by atoms with Gasteiger partial charge < -0.3 is 9.84 Å². The third kappa shape index (κ3) is 4.24. The fraction of sp³-hybridized carbons (Fsp3) is 0.381. The van der Waals surface area contributed by atoms with Gasteiger partial charge in [-0.2, -0.15) is 0 Å². The Balaban J connectivity index is 1.80. The number of rotatable bonds is 3. The van der Waals surface area contributed by atoms with Gasteiger partial charge >= 0.3 is 0 Å². The minimum Gasteiger partial charge on any atom is -0.386 e. The minimum absolute atomic E-state index is 0.204. The molecule has 1 N–H and O–H groups in total. The number of benzene rings is 1. The van der Waals surface area contributed by atoms with E-state index in [1.807, 2.05) is 23.9 Å². The van der Waals surface area contributed by atoms with Crippen molar-refractivity contribution in [1.29, 1.82) is 0 Å². The molecule has 0 fully saturated rings. The predicted molar refractivity (Wildman–Crippen MR) is 102 cm³/mol. The first-order valence-electron chi connectivity index (χ1n) is 8.42. The fourth-order valence-electron chi connectivity index (χ4n) is 2.88. The van der Waals surface area contributed by atoms with Crippen LogP contribution in [0.5, 0.6) is 0 Å². The molecule has 2 heterocycles. The van der Waals surface area contributed by atoms with E-state index in [1.165, 1.54) is 22.6 Å². The SMILES string of the molecule is COCC(O)c1ccc(C#Cc2ccc3c(c2)C(C)(C)CCS3)nc1. The molecule has 0 bridgehead atoms. The first-order valence-corrected chi connectivity index (χ1v) is 9.40. The quantitative estimate of drug-likeness (QED) is 0.849. The van der Waals surface area contributed by atoms with E-state index in [4.69, 9.17) is 4.74 Å². The van der Waals surface area contributed by atoms with Crippen molar-refractivity contribution in [2.24, 2.45) is 0 Å². The summed E-state index contributed by atoms with van der Waals surface area (Å²) in [7, 11) is 1.56. The van der Waals surface area contributed by atoms with Gasteiger partial charge in [0.15, 0.2) is 0 Å². The molecule has 130 valence electrons. The van der Waals surface area contributed by atoms with Crippen molar-refractivity contribution in [3.63, 3.8) is 0 Å². The van der Waals surface area contributed by atoms with Gasteiger partial charge in [-0.05, 0) is 53.3 Å². The maximum Gasteiger partial charge on any atom is 0.113 e. The highest BCUT2D eigenvalue weighted by Gasteiger charge is 2.27. The molecule has 0 spiro atoms. The first-order chi connectivity index (χ1) is 12.0. The molecule has 3 rings (SSSR count). The number of aliphatic hydroxyl groups excluding tert-OH is 1. The van der Waals surface area contributed by atoms with E-state index in [0.29, 0.717) is 5.69 Å². The highest BCUT2D eigenvalue weighted by atomic mass is 32.2. The van der Waals surface area contributed by atoms with Crippen LogP contribution in [0.1, 0.15) is 48.8 Å². The Labute approximate surface area is 153 Å². The van der Waals surface area contributed by atoms with Gasteiger partial charge in [0, 0.05) is 29.3 Å². The molecule has 0 amide bonds. The standard InChI is InChI=1S/C21H23NO2S/c1-21(2)10-11-25-20-9-5-15(12-18(20)21)4-7-17-8-6-16(13-22-17)19(23)14-24-3/h5-6,8-9,12-13,19,23H,10-11,14H2,1-3H3. The molecule has 1 aliphatic heterocycles. The maximum absolute atomic E-state index is 9.88. The number of thioether (sulfide) groups is 1. The van der Waals surface area contributed by atoms with E-state index >= 15 is 0 Å². The molecule has 4 heteroatoms. The lowest BCUT2D eigenvalue weighted by Crippen LogP contribution is -2.22. The second-order valence-electron chi connectivity index (χ2n) is 6.89. The molecule has 3 nitrogen and oxygen atoms in total. The third-order valence-electron chi connectivity index (χ3n) is 4.52. The summed E-state index contributed by atoms with van der Waals surface area (Å²) in [5, 5.41) is 9.88. The Kier molecular flexibility index (Phi) is 5.48. The van der Waals surface area contributed by atoms with Crippen molar-refractivity contribution < 1.29 is 9.84 Å². The molecule has 0 radical (unpaired) electrons. The van der Waals surface area contributed by atoms with E-state index in [-0.39, 0.29) is 12.0 Å². The van der Waals surface area contributed by atoms with Crippen LogP contribution in [0.15, 0.2) is 41.4 Å². The summed E-state index contributed by atoms with van der Waals surface area (Å²) in [4.78, 5) is 5.69. The molecular formula is C21H23NO2S.